The van der Waals surface area contributed by atoms with Gasteiger partial charge in [-0.1, -0.05) is 54.6 Å². The van der Waals surface area contributed by atoms with Gasteiger partial charge in [0.1, 0.15) is 5.75 Å². The number of benzene rings is 3. The summed E-state index contributed by atoms with van der Waals surface area (Å²) in [5.41, 5.74) is 3.98. The van der Waals surface area contributed by atoms with E-state index in [0.29, 0.717) is 0 Å². The summed E-state index contributed by atoms with van der Waals surface area (Å²) in [5, 5.41) is 2.86. The molecule has 3 rings (SSSR count). The Morgan fingerprint density at radius 3 is 2.12 bits per heavy atom. The van der Waals surface area contributed by atoms with Crippen LogP contribution in [0.15, 0.2) is 84.9 Å². The van der Waals surface area contributed by atoms with Crippen molar-refractivity contribution in [2.45, 2.75) is 0 Å². The summed E-state index contributed by atoms with van der Waals surface area (Å²) in [6.07, 6.45) is 3.29. The Hall–Kier alpha value is -3.33. The van der Waals surface area contributed by atoms with Crippen molar-refractivity contribution in [3.05, 3.63) is 90.5 Å². The number of ether oxygens (including phenoxy) is 1. The van der Waals surface area contributed by atoms with Crippen LogP contribution in [0.25, 0.3) is 17.2 Å². The molecule has 0 aromatic heterocycles. The highest BCUT2D eigenvalue weighted by Gasteiger charge is 2.00. The topological polar surface area (TPSA) is 38.3 Å². The highest BCUT2D eigenvalue weighted by atomic mass is 16.5. The van der Waals surface area contributed by atoms with Gasteiger partial charge in [0.15, 0.2) is 0 Å². The number of amides is 1. The Balaban J connectivity index is 1.61. The van der Waals surface area contributed by atoms with Crippen LogP contribution in [0.5, 0.6) is 5.75 Å². The minimum atomic E-state index is -0.164. The molecule has 1 amide bonds. The van der Waals surface area contributed by atoms with Crippen molar-refractivity contribution in [1.82, 2.24) is 0 Å². The number of carbonyl (C=O) groups is 1. The van der Waals surface area contributed by atoms with E-state index in [1.54, 1.807) is 13.2 Å². The van der Waals surface area contributed by atoms with Crippen molar-refractivity contribution >= 4 is 17.7 Å². The second-order valence-electron chi connectivity index (χ2n) is 5.54. The zero-order valence-electron chi connectivity index (χ0n) is 14.0. The van der Waals surface area contributed by atoms with Crippen LogP contribution in [0.3, 0.4) is 0 Å². The van der Waals surface area contributed by atoms with Crippen molar-refractivity contribution in [3.63, 3.8) is 0 Å². The third-order valence-electron chi connectivity index (χ3n) is 3.80. The van der Waals surface area contributed by atoms with E-state index in [4.69, 9.17) is 4.74 Å². The number of rotatable bonds is 5. The molecule has 0 aliphatic heterocycles. The fourth-order valence-electron chi connectivity index (χ4n) is 2.45. The van der Waals surface area contributed by atoms with Crippen molar-refractivity contribution in [2.24, 2.45) is 0 Å². The molecule has 25 heavy (non-hydrogen) atoms. The molecular weight excluding hydrogens is 310 g/mol. The zero-order chi connectivity index (χ0) is 17.5. The predicted molar refractivity (Wildman–Crippen MR) is 103 cm³/mol. The highest BCUT2D eigenvalue weighted by Crippen LogP contribution is 2.21. The predicted octanol–water partition coefficient (Wildman–Crippen LogP) is 5.01. The fraction of sp³-hybridized carbons (Fsp3) is 0.0455. The summed E-state index contributed by atoms with van der Waals surface area (Å²) in [4.78, 5) is 12.0. The molecule has 0 aliphatic carbocycles. The van der Waals surface area contributed by atoms with Crippen LogP contribution in [-0.4, -0.2) is 13.0 Å². The smallest absolute Gasteiger partial charge is 0.248 e. The first-order valence-corrected chi connectivity index (χ1v) is 8.03. The molecule has 0 saturated heterocycles. The average Bonchev–Trinajstić information content (AvgIpc) is 2.68. The Morgan fingerprint density at radius 2 is 1.48 bits per heavy atom. The normalized spacial score (nSPS) is 10.6. The van der Waals surface area contributed by atoms with Gasteiger partial charge in [0.2, 0.25) is 5.91 Å². The second-order valence-corrected chi connectivity index (χ2v) is 5.54. The van der Waals surface area contributed by atoms with E-state index in [-0.39, 0.29) is 5.91 Å². The first kappa shape index (κ1) is 16.5. The van der Waals surface area contributed by atoms with Gasteiger partial charge >= 0.3 is 0 Å². The molecule has 1 N–H and O–H groups in total. The quantitative estimate of drug-likeness (QED) is 0.668. The van der Waals surface area contributed by atoms with Gasteiger partial charge in [-0.2, -0.15) is 0 Å². The molecule has 3 aromatic rings. The summed E-state index contributed by atoms with van der Waals surface area (Å²) in [6, 6.07) is 25.5. The minimum absolute atomic E-state index is 0.164. The van der Waals surface area contributed by atoms with E-state index in [2.05, 4.69) is 17.4 Å². The van der Waals surface area contributed by atoms with Crippen LogP contribution in [0.4, 0.5) is 5.69 Å². The largest absolute Gasteiger partial charge is 0.497 e. The van der Waals surface area contributed by atoms with Gasteiger partial charge in [-0.15, -0.1) is 0 Å². The fourth-order valence-corrected chi connectivity index (χ4v) is 2.45. The van der Waals surface area contributed by atoms with Crippen LogP contribution < -0.4 is 10.1 Å². The Kier molecular flexibility index (Phi) is 5.27. The Morgan fingerprint density at radius 1 is 0.840 bits per heavy atom. The van der Waals surface area contributed by atoms with Crippen LogP contribution in [0.1, 0.15) is 5.56 Å². The average molecular weight is 329 g/mol. The number of carbonyl (C=O) groups excluding carboxylic acids is 1. The number of anilines is 1. The lowest BCUT2D eigenvalue weighted by molar-refractivity contribution is -0.111. The molecule has 3 aromatic carbocycles. The summed E-state index contributed by atoms with van der Waals surface area (Å²) in [7, 11) is 1.63. The highest BCUT2D eigenvalue weighted by molar-refractivity contribution is 6.02. The maximum Gasteiger partial charge on any atom is 0.248 e. The van der Waals surface area contributed by atoms with Gasteiger partial charge in [0, 0.05) is 11.8 Å². The van der Waals surface area contributed by atoms with Crippen LogP contribution in [0.2, 0.25) is 0 Å². The summed E-state index contributed by atoms with van der Waals surface area (Å²) >= 11 is 0. The van der Waals surface area contributed by atoms with Gasteiger partial charge in [-0.25, -0.2) is 0 Å². The molecule has 0 heterocycles. The molecule has 124 valence electrons. The first-order chi connectivity index (χ1) is 12.2. The minimum Gasteiger partial charge on any atom is -0.497 e. The van der Waals surface area contributed by atoms with E-state index in [1.807, 2.05) is 66.7 Å². The van der Waals surface area contributed by atoms with Crippen LogP contribution in [-0.2, 0) is 4.79 Å². The Bertz CT molecular complexity index is 851. The third-order valence-corrected chi connectivity index (χ3v) is 3.80. The molecule has 3 heteroatoms. The Labute approximate surface area is 147 Å². The number of methoxy groups -OCH3 is 1. The SMILES string of the molecule is COc1ccc(/C=C/C(=O)Nc2ccc(-c3ccccc3)cc2)cc1. The van der Waals surface area contributed by atoms with Gasteiger partial charge < -0.3 is 10.1 Å². The van der Waals surface area contributed by atoms with E-state index in [1.165, 1.54) is 6.08 Å². The van der Waals surface area contributed by atoms with Gasteiger partial charge in [0.05, 0.1) is 7.11 Å². The molecule has 0 fully saturated rings. The number of hydrogen-bond acceptors (Lipinski definition) is 2. The monoisotopic (exact) mass is 329 g/mol. The van der Waals surface area contributed by atoms with Crippen LogP contribution >= 0.6 is 0 Å². The third kappa shape index (κ3) is 4.58. The summed E-state index contributed by atoms with van der Waals surface area (Å²) < 4.78 is 5.11. The van der Waals surface area contributed by atoms with E-state index < -0.39 is 0 Å². The van der Waals surface area contributed by atoms with Crippen LogP contribution in [0, 0.1) is 0 Å². The molecule has 0 atom stereocenters. The molecule has 0 aliphatic rings. The van der Waals surface area contributed by atoms with E-state index in [9.17, 15) is 4.79 Å². The van der Waals surface area contributed by atoms with Crippen molar-refractivity contribution in [2.75, 3.05) is 12.4 Å². The second kappa shape index (κ2) is 7.97. The number of nitrogens with one attached hydrogen (secondary N) is 1. The molecule has 0 radical (unpaired) electrons. The standard InChI is InChI=1S/C22H19NO2/c1-25-21-14-7-17(8-15-21)9-16-22(24)23-20-12-10-19(11-13-20)18-5-3-2-4-6-18/h2-16H,1H3,(H,23,24)/b16-9+. The maximum atomic E-state index is 12.0. The van der Waals surface area contributed by atoms with Crippen molar-refractivity contribution in [1.29, 1.82) is 0 Å². The first-order valence-electron chi connectivity index (χ1n) is 8.03. The lowest BCUT2D eigenvalue weighted by Crippen LogP contribution is -2.07. The zero-order valence-corrected chi connectivity index (χ0v) is 14.0. The maximum absolute atomic E-state index is 12.0. The lowest BCUT2D eigenvalue weighted by atomic mass is 10.1. The van der Waals surface area contributed by atoms with E-state index in [0.717, 1.165) is 28.1 Å². The van der Waals surface area contributed by atoms with Gasteiger partial charge in [0.25, 0.3) is 0 Å². The van der Waals surface area contributed by atoms with Gasteiger partial charge in [-0.05, 0) is 47.0 Å². The van der Waals surface area contributed by atoms with Crippen molar-refractivity contribution in [3.8, 4) is 16.9 Å². The van der Waals surface area contributed by atoms with E-state index >= 15 is 0 Å². The van der Waals surface area contributed by atoms with Gasteiger partial charge in [-0.3, -0.25) is 4.79 Å². The summed E-state index contributed by atoms with van der Waals surface area (Å²) in [5.74, 6) is 0.628. The van der Waals surface area contributed by atoms with Crippen molar-refractivity contribution < 1.29 is 9.53 Å². The molecule has 3 nitrogen and oxygen atoms in total. The molecular formula is C22H19NO2. The number of hydrogen-bond donors (Lipinski definition) is 1. The molecule has 0 spiro atoms. The lowest BCUT2D eigenvalue weighted by Gasteiger charge is -2.05. The molecule has 0 saturated carbocycles. The molecule has 0 unspecified atom stereocenters. The molecule has 0 bridgehead atoms. The summed E-state index contributed by atoms with van der Waals surface area (Å²) in [6.45, 7) is 0.